The van der Waals surface area contributed by atoms with Crippen LogP contribution in [0.3, 0.4) is 0 Å². The Morgan fingerprint density at radius 2 is 1.83 bits per heavy atom. The molecule has 0 saturated carbocycles. The first-order valence-corrected chi connectivity index (χ1v) is 12.9. The van der Waals surface area contributed by atoms with Crippen molar-refractivity contribution in [2.24, 2.45) is 0 Å². The van der Waals surface area contributed by atoms with Gasteiger partial charge < -0.3 is 10.2 Å². The number of sulfone groups is 1. The summed E-state index contributed by atoms with van der Waals surface area (Å²) in [7, 11) is -3.16. The van der Waals surface area contributed by atoms with Crippen LogP contribution in [-0.4, -0.2) is 39.2 Å². The molecule has 1 aromatic carbocycles. The zero-order chi connectivity index (χ0) is 20.4. The van der Waals surface area contributed by atoms with Crippen molar-refractivity contribution < 1.29 is 13.2 Å². The van der Waals surface area contributed by atoms with E-state index < -0.39 is 9.84 Å². The van der Waals surface area contributed by atoms with Crippen LogP contribution in [0.5, 0.6) is 0 Å². The Kier molecular flexibility index (Phi) is 5.97. The average molecular weight is 433 g/mol. The van der Waals surface area contributed by atoms with Crippen molar-refractivity contribution in [1.82, 2.24) is 5.32 Å². The second-order valence-corrected chi connectivity index (χ2v) is 11.3. The Hall–Kier alpha value is -1.86. The Balaban J connectivity index is 1.32. The Morgan fingerprint density at radius 1 is 1.14 bits per heavy atom. The van der Waals surface area contributed by atoms with Crippen LogP contribution in [-0.2, 0) is 22.7 Å². The number of carbonyl (C=O) groups excluding carboxylic acids is 1. The third kappa shape index (κ3) is 4.51. The molecule has 0 atom stereocenters. The minimum Gasteiger partial charge on any atom is -0.371 e. The predicted molar refractivity (Wildman–Crippen MR) is 118 cm³/mol. The van der Waals surface area contributed by atoms with Gasteiger partial charge in [-0.2, -0.15) is 0 Å². The summed E-state index contributed by atoms with van der Waals surface area (Å²) in [5.74, 6) is 0.182. The van der Waals surface area contributed by atoms with E-state index in [1.165, 1.54) is 23.3 Å². The van der Waals surface area contributed by atoms with Crippen LogP contribution >= 0.6 is 11.3 Å². The number of anilines is 1. The standard InChI is InChI=1S/C22H28N2O3S2/c1-2-29(26,27)19-9-7-18(8-10-19)24-13-11-17(12-14-24)23-22(25)21-15-16-5-3-4-6-20(16)28-21/h7-10,15,17H,2-6,11-14H2,1H3,(H,23,25). The van der Waals surface area contributed by atoms with Crippen LogP contribution in [0.1, 0.15) is 52.7 Å². The van der Waals surface area contributed by atoms with Crippen molar-refractivity contribution in [3.05, 3.63) is 45.6 Å². The van der Waals surface area contributed by atoms with Gasteiger partial charge in [-0.25, -0.2) is 8.42 Å². The highest BCUT2D eigenvalue weighted by Gasteiger charge is 2.24. The molecule has 2 aliphatic rings. The van der Waals surface area contributed by atoms with Crippen LogP contribution in [0, 0.1) is 0 Å². The third-order valence-corrected chi connectivity index (χ3v) is 8.98. The summed E-state index contributed by atoms with van der Waals surface area (Å²) in [5.41, 5.74) is 2.41. The number of piperidine rings is 1. The monoisotopic (exact) mass is 432 g/mol. The molecule has 0 spiro atoms. The molecular formula is C22H28N2O3S2. The number of fused-ring (bicyclic) bond motifs is 1. The molecule has 0 unspecified atom stereocenters. The first kappa shape index (κ1) is 20.4. The maximum absolute atomic E-state index is 12.7. The molecule has 1 amide bonds. The lowest BCUT2D eigenvalue weighted by molar-refractivity contribution is 0.0935. The number of nitrogens with one attached hydrogen (secondary N) is 1. The number of rotatable bonds is 5. The van der Waals surface area contributed by atoms with Crippen molar-refractivity contribution in [3.8, 4) is 0 Å². The minimum absolute atomic E-state index is 0.0666. The van der Waals surface area contributed by atoms with E-state index in [0.717, 1.165) is 49.3 Å². The van der Waals surface area contributed by atoms with Gasteiger partial charge in [0.25, 0.3) is 5.91 Å². The topological polar surface area (TPSA) is 66.5 Å². The molecule has 4 rings (SSSR count). The van der Waals surface area contributed by atoms with Gasteiger partial charge in [-0.05, 0) is 74.4 Å². The number of amides is 1. The van der Waals surface area contributed by atoms with Crippen LogP contribution in [0.15, 0.2) is 35.2 Å². The van der Waals surface area contributed by atoms with E-state index in [1.807, 2.05) is 12.1 Å². The van der Waals surface area contributed by atoms with E-state index in [4.69, 9.17) is 0 Å². The molecule has 0 radical (unpaired) electrons. The normalized spacial score (nSPS) is 17.8. The van der Waals surface area contributed by atoms with Crippen molar-refractivity contribution in [3.63, 3.8) is 0 Å². The van der Waals surface area contributed by atoms with Gasteiger partial charge >= 0.3 is 0 Å². The van der Waals surface area contributed by atoms with Crippen molar-refractivity contribution in [2.75, 3.05) is 23.7 Å². The Labute approximate surface area is 177 Å². The number of hydrogen-bond donors (Lipinski definition) is 1. The molecule has 1 fully saturated rings. The lowest BCUT2D eigenvalue weighted by Gasteiger charge is -2.34. The molecule has 156 valence electrons. The number of benzene rings is 1. The maximum Gasteiger partial charge on any atom is 0.261 e. The van der Waals surface area contributed by atoms with E-state index in [2.05, 4.69) is 16.3 Å². The molecule has 1 saturated heterocycles. The third-order valence-electron chi connectivity index (χ3n) is 5.99. The van der Waals surface area contributed by atoms with Gasteiger partial charge in [0.2, 0.25) is 0 Å². The summed E-state index contributed by atoms with van der Waals surface area (Å²) >= 11 is 1.66. The van der Waals surface area contributed by atoms with Crippen molar-refractivity contribution in [2.45, 2.75) is 56.4 Å². The fraction of sp³-hybridized carbons (Fsp3) is 0.500. The molecule has 0 bridgehead atoms. The molecule has 29 heavy (non-hydrogen) atoms. The average Bonchev–Trinajstić information content (AvgIpc) is 3.19. The van der Waals surface area contributed by atoms with Gasteiger partial charge in [0.15, 0.2) is 9.84 Å². The van der Waals surface area contributed by atoms with Gasteiger partial charge in [0.05, 0.1) is 15.5 Å². The molecule has 7 heteroatoms. The fourth-order valence-corrected chi connectivity index (χ4v) is 6.21. The smallest absolute Gasteiger partial charge is 0.261 e. The van der Waals surface area contributed by atoms with Crippen molar-refractivity contribution in [1.29, 1.82) is 0 Å². The molecule has 1 aliphatic heterocycles. The van der Waals surface area contributed by atoms with Gasteiger partial charge in [0.1, 0.15) is 0 Å². The van der Waals surface area contributed by atoms with Gasteiger partial charge in [0, 0.05) is 29.7 Å². The summed E-state index contributed by atoms with van der Waals surface area (Å²) in [6.45, 7) is 3.37. The highest BCUT2D eigenvalue weighted by atomic mass is 32.2. The molecule has 2 aromatic rings. The first-order chi connectivity index (χ1) is 14.0. The van der Waals surface area contributed by atoms with E-state index >= 15 is 0 Å². The predicted octanol–water partition coefficient (Wildman–Crippen LogP) is 3.82. The van der Waals surface area contributed by atoms with Crippen LogP contribution in [0.25, 0.3) is 0 Å². The van der Waals surface area contributed by atoms with Crippen molar-refractivity contribution >= 4 is 32.8 Å². The quantitative estimate of drug-likeness (QED) is 0.780. The molecule has 2 heterocycles. The molecule has 1 aliphatic carbocycles. The molecule has 5 nitrogen and oxygen atoms in total. The van der Waals surface area contributed by atoms with E-state index in [0.29, 0.717) is 4.90 Å². The highest BCUT2D eigenvalue weighted by molar-refractivity contribution is 7.91. The minimum atomic E-state index is -3.16. The number of nitrogens with zero attached hydrogens (tertiary/aromatic N) is 1. The van der Waals surface area contributed by atoms with E-state index in [9.17, 15) is 13.2 Å². The number of carbonyl (C=O) groups is 1. The van der Waals surface area contributed by atoms with Gasteiger partial charge in [-0.15, -0.1) is 11.3 Å². The second kappa shape index (κ2) is 8.48. The first-order valence-electron chi connectivity index (χ1n) is 10.5. The summed E-state index contributed by atoms with van der Waals surface area (Å²) in [6, 6.07) is 9.45. The lowest BCUT2D eigenvalue weighted by atomic mass is 9.99. The summed E-state index contributed by atoms with van der Waals surface area (Å²) in [6.07, 6.45) is 6.48. The Morgan fingerprint density at radius 3 is 2.48 bits per heavy atom. The summed E-state index contributed by atoms with van der Waals surface area (Å²) in [4.78, 5) is 17.6. The van der Waals surface area contributed by atoms with Crippen LogP contribution in [0.4, 0.5) is 5.69 Å². The number of aryl methyl sites for hydroxylation is 2. The molecule has 1 aromatic heterocycles. The molecule has 1 N–H and O–H groups in total. The zero-order valence-electron chi connectivity index (χ0n) is 16.8. The molecular weight excluding hydrogens is 404 g/mol. The van der Waals surface area contributed by atoms with Crippen LogP contribution < -0.4 is 10.2 Å². The largest absolute Gasteiger partial charge is 0.371 e. The zero-order valence-corrected chi connectivity index (χ0v) is 18.4. The van der Waals surface area contributed by atoms with Gasteiger partial charge in [-0.3, -0.25) is 4.79 Å². The number of thiophene rings is 1. The lowest BCUT2D eigenvalue weighted by Crippen LogP contribution is -2.44. The second-order valence-electron chi connectivity index (χ2n) is 7.90. The van der Waals surface area contributed by atoms with E-state index in [1.54, 1.807) is 30.4 Å². The van der Waals surface area contributed by atoms with Crippen LogP contribution in [0.2, 0.25) is 0 Å². The van der Waals surface area contributed by atoms with Gasteiger partial charge in [-0.1, -0.05) is 6.92 Å². The van der Waals surface area contributed by atoms with E-state index in [-0.39, 0.29) is 17.7 Å². The fourth-order valence-electron chi connectivity index (χ4n) is 4.17. The summed E-state index contributed by atoms with van der Waals surface area (Å²) < 4.78 is 23.9. The summed E-state index contributed by atoms with van der Waals surface area (Å²) in [5, 5.41) is 3.22. The SMILES string of the molecule is CCS(=O)(=O)c1ccc(N2CCC(NC(=O)c3cc4c(s3)CCCC4)CC2)cc1. The maximum atomic E-state index is 12.7. The Bertz CT molecular complexity index is 948. The number of hydrogen-bond acceptors (Lipinski definition) is 5. The highest BCUT2D eigenvalue weighted by Crippen LogP contribution is 2.30.